The zero-order chi connectivity index (χ0) is 10.8. The van der Waals surface area contributed by atoms with Crippen LogP contribution < -0.4 is 4.90 Å². The average Bonchev–Trinajstić information content (AvgIpc) is 2.16. The maximum Gasteiger partial charge on any atom is 0.0377 e. The third kappa shape index (κ3) is 2.67. The van der Waals surface area contributed by atoms with E-state index in [0.29, 0.717) is 0 Å². The Labute approximate surface area is 114 Å². The highest BCUT2D eigenvalue weighted by Crippen LogP contribution is 2.30. The zero-order valence-corrected chi connectivity index (χ0v) is 12.6. The van der Waals surface area contributed by atoms with Crippen LogP contribution in [0.5, 0.6) is 0 Å². The molecule has 0 N–H and O–H groups in total. The van der Waals surface area contributed by atoms with Crippen molar-refractivity contribution in [2.45, 2.75) is 19.8 Å². The molecule has 0 radical (unpaired) electrons. The van der Waals surface area contributed by atoms with Gasteiger partial charge in [-0.05, 0) is 69.1 Å². The number of hydrogen-bond donors (Lipinski definition) is 0. The number of hydrogen-bond acceptors (Lipinski definition) is 1. The van der Waals surface area contributed by atoms with E-state index >= 15 is 0 Å². The predicted molar refractivity (Wildman–Crippen MR) is 77.5 cm³/mol. The minimum Gasteiger partial charge on any atom is -0.371 e. The molecular weight excluding hydrogens is 365 g/mol. The summed E-state index contributed by atoms with van der Waals surface area (Å²) in [6.45, 7) is 4.75. The third-order valence-corrected chi connectivity index (χ3v) is 5.25. The summed E-state index contributed by atoms with van der Waals surface area (Å²) in [7, 11) is 0. The van der Waals surface area contributed by atoms with Gasteiger partial charge in [-0.3, -0.25) is 0 Å². The maximum atomic E-state index is 3.53. The van der Waals surface area contributed by atoms with Crippen molar-refractivity contribution >= 4 is 44.2 Å². The number of benzene rings is 1. The van der Waals surface area contributed by atoms with Gasteiger partial charge < -0.3 is 4.90 Å². The van der Waals surface area contributed by atoms with E-state index in [0.717, 1.165) is 5.92 Å². The molecule has 1 saturated heterocycles. The van der Waals surface area contributed by atoms with Crippen LogP contribution in [-0.4, -0.2) is 13.1 Å². The summed E-state index contributed by atoms with van der Waals surface area (Å²) in [6, 6.07) is 6.60. The lowest BCUT2D eigenvalue weighted by atomic mass is 9.94. The van der Waals surface area contributed by atoms with E-state index in [1.807, 2.05) is 0 Å². The molecule has 82 valence electrons. The standard InChI is InChI=1S/C12H15BrIN/c1-2-3-9-7-15(8-9)10-4-5-11(13)12(14)6-10/h4-6,9H,2-3,7-8H2,1H3. The van der Waals surface area contributed by atoms with Gasteiger partial charge in [-0.1, -0.05) is 13.3 Å². The Balaban J connectivity index is 1.98. The molecule has 2 rings (SSSR count). The number of rotatable bonds is 3. The molecule has 0 aliphatic carbocycles. The van der Waals surface area contributed by atoms with Crippen LogP contribution in [-0.2, 0) is 0 Å². The van der Waals surface area contributed by atoms with Gasteiger partial charge in [0, 0.05) is 26.8 Å². The Bertz CT molecular complexity index is 347. The number of anilines is 1. The molecule has 1 fully saturated rings. The first-order valence-electron chi connectivity index (χ1n) is 5.40. The summed E-state index contributed by atoms with van der Waals surface area (Å²) in [6.07, 6.45) is 2.69. The molecule has 0 atom stereocenters. The summed E-state index contributed by atoms with van der Waals surface area (Å²) in [5, 5.41) is 0. The fourth-order valence-corrected chi connectivity index (χ4v) is 2.80. The lowest BCUT2D eigenvalue weighted by Gasteiger charge is -2.41. The van der Waals surface area contributed by atoms with Crippen molar-refractivity contribution in [1.29, 1.82) is 0 Å². The van der Waals surface area contributed by atoms with Gasteiger partial charge >= 0.3 is 0 Å². The molecule has 15 heavy (non-hydrogen) atoms. The molecule has 0 amide bonds. The van der Waals surface area contributed by atoms with E-state index in [1.54, 1.807) is 0 Å². The van der Waals surface area contributed by atoms with Crippen LogP contribution in [0.25, 0.3) is 0 Å². The van der Waals surface area contributed by atoms with Crippen molar-refractivity contribution in [3.05, 3.63) is 26.2 Å². The molecule has 0 bridgehead atoms. The van der Waals surface area contributed by atoms with E-state index < -0.39 is 0 Å². The van der Waals surface area contributed by atoms with E-state index in [1.165, 1.54) is 39.7 Å². The molecule has 0 saturated carbocycles. The minimum atomic E-state index is 0.927. The van der Waals surface area contributed by atoms with E-state index in [2.05, 4.69) is 68.5 Å². The topological polar surface area (TPSA) is 3.24 Å². The van der Waals surface area contributed by atoms with Crippen LogP contribution in [0, 0.1) is 9.49 Å². The van der Waals surface area contributed by atoms with E-state index in [9.17, 15) is 0 Å². The second-order valence-corrected chi connectivity index (χ2v) is 6.17. The average molecular weight is 380 g/mol. The summed E-state index contributed by atoms with van der Waals surface area (Å²) in [4.78, 5) is 2.47. The number of halogens is 2. The zero-order valence-electron chi connectivity index (χ0n) is 8.84. The van der Waals surface area contributed by atoms with Crippen LogP contribution in [0.3, 0.4) is 0 Å². The molecule has 1 aromatic rings. The molecular formula is C12H15BrIN. The largest absolute Gasteiger partial charge is 0.371 e. The highest BCUT2D eigenvalue weighted by Gasteiger charge is 2.25. The Morgan fingerprint density at radius 3 is 2.80 bits per heavy atom. The van der Waals surface area contributed by atoms with Crippen molar-refractivity contribution in [1.82, 2.24) is 0 Å². The third-order valence-electron chi connectivity index (χ3n) is 2.92. The minimum absolute atomic E-state index is 0.927. The van der Waals surface area contributed by atoms with Crippen LogP contribution in [0.15, 0.2) is 22.7 Å². The van der Waals surface area contributed by atoms with Crippen molar-refractivity contribution in [3.63, 3.8) is 0 Å². The summed E-state index contributed by atoms with van der Waals surface area (Å²) in [5.74, 6) is 0.927. The molecule has 0 aromatic heterocycles. The lowest BCUT2D eigenvalue weighted by Crippen LogP contribution is -2.46. The maximum absolute atomic E-state index is 3.53. The predicted octanol–water partition coefficient (Wildman–Crippen LogP) is 4.29. The Hall–Kier alpha value is 0.230. The van der Waals surface area contributed by atoms with Gasteiger partial charge in [0.2, 0.25) is 0 Å². The van der Waals surface area contributed by atoms with Crippen molar-refractivity contribution in [3.8, 4) is 0 Å². The molecule has 1 aromatic carbocycles. The van der Waals surface area contributed by atoms with E-state index in [4.69, 9.17) is 0 Å². The molecule has 1 aliphatic heterocycles. The normalized spacial score (nSPS) is 16.6. The SMILES string of the molecule is CCCC1CN(c2ccc(Br)c(I)c2)C1. The molecule has 1 nitrogen and oxygen atoms in total. The Morgan fingerprint density at radius 1 is 1.47 bits per heavy atom. The van der Waals surface area contributed by atoms with Crippen LogP contribution in [0.4, 0.5) is 5.69 Å². The molecule has 1 heterocycles. The van der Waals surface area contributed by atoms with Gasteiger partial charge in [-0.15, -0.1) is 0 Å². The van der Waals surface area contributed by atoms with Crippen LogP contribution >= 0.6 is 38.5 Å². The molecule has 3 heteroatoms. The van der Waals surface area contributed by atoms with Crippen molar-refractivity contribution < 1.29 is 0 Å². The molecule has 0 unspecified atom stereocenters. The Morgan fingerprint density at radius 2 is 2.20 bits per heavy atom. The lowest BCUT2D eigenvalue weighted by molar-refractivity contribution is 0.380. The van der Waals surface area contributed by atoms with Crippen LogP contribution in [0.1, 0.15) is 19.8 Å². The first-order valence-corrected chi connectivity index (χ1v) is 7.28. The molecule has 1 aliphatic rings. The fraction of sp³-hybridized carbons (Fsp3) is 0.500. The highest BCUT2D eigenvalue weighted by molar-refractivity contribution is 14.1. The smallest absolute Gasteiger partial charge is 0.0377 e. The van der Waals surface area contributed by atoms with Gasteiger partial charge in [-0.25, -0.2) is 0 Å². The first kappa shape index (κ1) is 11.7. The molecule has 0 spiro atoms. The second kappa shape index (κ2) is 5.04. The van der Waals surface area contributed by atoms with Crippen LogP contribution in [0.2, 0.25) is 0 Å². The summed E-state index contributed by atoms with van der Waals surface area (Å²) >= 11 is 5.90. The second-order valence-electron chi connectivity index (χ2n) is 4.16. The van der Waals surface area contributed by atoms with Gasteiger partial charge in [0.05, 0.1) is 0 Å². The van der Waals surface area contributed by atoms with Crippen molar-refractivity contribution in [2.75, 3.05) is 18.0 Å². The van der Waals surface area contributed by atoms with Crippen molar-refractivity contribution in [2.24, 2.45) is 5.92 Å². The fourth-order valence-electron chi connectivity index (χ4n) is 2.05. The van der Waals surface area contributed by atoms with E-state index in [-0.39, 0.29) is 0 Å². The Kier molecular flexibility index (Phi) is 3.93. The highest BCUT2D eigenvalue weighted by atomic mass is 127. The number of nitrogens with zero attached hydrogens (tertiary/aromatic N) is 1. The van der Waals surface area contributed by atoms with Gasteiger partial charge in [0.15, 0.2) is 0 Å². The van der Waals surface area contributed by atoms with Gasteiger partial charge in [-0.2, -0.15) is 0 Å². The summed E-state index contributed by atoms with van der Waals surface area (Å²) < 4.78 is 2.49. The summed E-state index contributed by atoms with van der Waals surface area (Å²) in [5.41, 5.74) is 1.37. The van der Waals surface area contributed by atoms with Gasteiger partial charge in [0.25, 0.3) is 0 Å². The monoisotopic (exact) mass is 379 g/mol. The quantitative estimate of drug-likeness (QED) is 0.708. The first-order chi connectivity index (χ1) is 7.20. The van der Waals surface area contributed by atoms with Gasteiger partial charge in [0.1, 0.15) is 0 Å².